The van der Waals surface area contributed by atoms with Crippen molar-refractivity contribution >= 4 is 17.8 Å². The summed E-state index contributed by atoms with van der Waals surface area (Å²) in [7, 11) is 0. The molecule has 1 aliphatic heterocycles. The number of carboxylic acid groups (broad SMARTS) is 1. The summed E-state index contributed by atoms with van der Waals surface area (Å²) in [6, 6.07) is 2.60. The molecule has 1 N–H and O–H groups in total. The molecule has 2 heterocycles. The molecule has 7 nitrogen and oxygen atoms in total. The number of carboxylic acids is 1. The molecule has 0 spiro atoms. The van der Waals surface area contributed by atoms with Crippen LogP contribution in [-0.4, -0.2) is 58.9 Å². The zero-order chi connectivity index (χ0) is 14.0. The molecular weight excluding hydrogens is 252 g/mol. The number of carbonyl (C=O) groups excluding carboxylic acids is 2. The van der Waals surface area contributed by atoms with Gasteiger partial charge in [0.25, 0.3) is 5.91 Å². The van der Waals surface area contributed by atoms with Crippen molar-refractivity contribution in [2.24, 2.45) is 0 Å². The second-order valence-electron chi connectivity index (χ2n) is 4.27. The molecule has 0 atom stereocenters. The number of hydrogen-bond acceptors (Lipinski definition) is 4. The van der Waals surface area contributed by atoms with Gasteiger partial charge in [0.15, 0.2) is 5.76 Å². The van der Waals surface area contributed by atoms with Crippen LogP contribution in [0.4, 0.5) is 0 Å². The third-order valence-corrected chi connectivity index (χ3v) is 3.04. The van der Waals surface area contributed by atoms with Crippen LogP contribution in [0.15, 0.2) is 16.5 Å². The molecule has 1 saturated heterocycles. The molecule has 0 radical (unpaired) electrons. The minimum absolute atomic E-state index is 0.00803. The van der Waals surface area contributed by atoms with Crippen LogP contribution < -0.4 is 0 Å². The van der Waals surface area contributed by atoms with Crippen molar-refractivity contribution in [1.29, 1.82) is 0 Å². The number of hydrogen-bond donors (Lipinski definition) is 1. The minimum Gasteiger partial charge on any atom is -0.475 e. The third kappa shape index (κ3) is 2.75. The van der Waals surface area contributed by atoms with Gasteiger partial charge in [0.2, 0.25) is 11.7 Å². The Kier molecular flexibility index (Phi) is 3.55. The summed E-state index contributed by atoms with van der Waals surface area (Å²) >= 11 is 0. The van der Waals surface area contributed by atoms with E-state index in [2.05, 4.69) is 0 Å². The lowest BCUT2D eigenvalue weighted by Gasteiger charge is -2.33. The van der Waals surface area contributed by atoms with Gasteiger partial charge in [0.05, 0.1) is 0 Å². The van der Waals surface area contributed by atoms with Gasteiger partial charge in [-0.2, -0.15) is 0 Å². The van der Waals surface area contributed by atoms with Crippen molar-refractivity contribution in [3.8, 4) is 0 Å². The SMILES string of the molecule is CC(=O)N1CCN(C(=O)c2ccc(C(=O)O)o2)CC1. The predicted octanol–water partition coefficient (Wildman–Crippen LogP) is 0.282. The zero-order valence-electron chi connectivity index (χ0n) is 10.5. The van der Waals surface area contributed by atoms with Crippen LogP contribution in [0, 0.1) is 0 Å². The van der Waals surface area contributed by atoms with Crippen molar-refractivity contribution in [2.75, 3.05) is 26.2 Å². The summed E-state index contributed by atoms with van der Waals surface area (Å²) < 4.78 is 4.96. The van der Waals surface area contributed by atoms with E-state index in [0.717, 1.165) is 0 Å². The maximum Gasteiger partial charge on any atom is 0.371 e. The van der Waals surface area contributed by atoms with Crippen molar-refractivity contribution in [3.63, 3.8) is 0 Å². The summed E-state index contributed by atoms with van der Waals surface area (Å²) in [5.41, 5.74) is 0. The number of nitrogens with zero attached hydrogens (tertiary/aromatic N) is 2. The summed E-state index contributed by atoms with van der Waals surface area (Å²) in [6.07, 6.45) is 0. The third-order valence-electron chi connectivity index (χ3n) is 3.04. The number of aromatic carboxylic acids is 1. The van der Waals surface area contributed by atoms with Gasteiger partial charge in [-0.3, -0.25) is 9.59 Å². The van der Waals surface area contributed by atoms with E-state index in [4.69, 9.17) is 9.52 Å². The van der Waals surface area contributed by atoms with Gasteiger partial charge < -0.3 is 19.3 Å². The Bertz CT molecular complexity index is 514. The highest BCUT2D eigenvalue weighted by molar-refractivity contribution is 5.93. The second-order valence-corrected chi connectivity index (χ2v) is 4.27. The van der Waals surface area contributed by atoms with Gasteiger partial charge in [0.1, 0.15) is 0 Å². The quantitative estimate of drug-likeness (QED) is 0.830. The lowest BCUT2D eigenvalue weighted by Crippen LogP contribution is -2.50. The smallest absolute Gasteiger partial charge is 0.371 e. The first-order chi connectivity index (χ1) is 8.99. The molecule has 19 heavy (non-hydrogen) atoms. The van der Waals surface area contributed by atoms with Crippen molar-refractivity contribution in [2.45, 2.75) is 6.92 Å². The second kappa shape index (κ2) is 5.13. The average molecular weight is 266 g/mol. The van der Waals surface area contributed by atoms with E-state index in [9.17, 15) is 14.4 Å². The van der Waals surface area contributed by atoms with E-state index < -0.39 is 5.97 Å². The molecule has 0 bridgehead atoms. The van der Waals surface area contributed by atoms with Crippen LogP contribution in [0.5, 0.6) is 0 Å². The Morgan fingerprint density at radius 3 is 2.05 bits per heavy atom. The highest BCUT2D eigenvalue weighted by Crippen LogP contribution is 2.12. The summed E-state index contributed by atoms with van der Waals surface area (Å²) in [5.74, 6) is -1.83. The molecular formula is C12H14N2O5. The summed E-state index contributed by atoms with van der Waals surface area (Å²) in [4.78, 5) is 37.1. The minimum atomic E-state index is -1.21. The van der Waals surface area contributed by atoms with Gasteiger partial charge >= 0.3 is 5.97 Å². The Morgan fingerprint density at radius 2 is 1.58 bits per heavy atom. The molecule has 1 fully saturated rings. The molecule has 1 aromatic rings. The summed E-state index contributed by atoms with van der Waals surface area (Å²) in [6.45, 7) is 3.29. The van der Waals surface area contributed by atoms with Crippen LogP contribution in [0.2, 0.25) is 0 Å². The van der Waals surface area contributed by atoms with Crippen LogP contribution >= 0.6 is 0 Å². The lowest BCUT2D eigenvalue weighted by atomic mass is 10.3. The Labute approximate surface area is 109 Å². The fourth-order valence-electron chi connectivity index (χ4n) is 1.95. The van der Waals surface area contributed by atoms with Crippen LogP contribution in [0.3, 0.4) is 0 Å². The van der Waals surface area contributed by atoms with E-state index in [1.54, 1.807) is 9.80 Å². The van der Waals surface area contributed by atoms with Gasteiger partial charge in [-0.1, -0.05) is 0 Å². The molecule has 7 heteroatoms. The normalized spacial score (nSPS) is 15.4. The van der Waals surface area contributed by atoms with E-state index in [1.807, 2.05) is 0 Å². The molecule has 0 unspecified atom stereocenters. The fourth-order valence-corrected chi connectivity index (χ4v) is 1.95. The molecule has 0 aromatic carbocycles. The lowest BCUT2D eigenvalue weighted by molar-refractivity contribution is -0.130. The monoisotopic (exact) mass is 266 g/mol. The van der Waals surface area contributed by atoms with Gasteiger partial charge in [-0.05, 0) is 12.1 Å². The molecule has 0 saturated carbocycles. The van der Waals surface area contributed by atoms with Gasteiger partial charge in [-0.25, -0.2) is 4.79 Å². The van der Waals surface area contributed by atoms with Crippen molar-refractivity contribution in [3.05, 3.63) is 23.7 Å². The van der Waals surface area contributed by atoms with Crippen LogP contribution in [-0.2, 0) is 4.79 Å². The van der Waals surface area contributed by atoms with E-state index >= 15 is 0 Å². The largest absolute Gasteiger partial charge is 0.475 e. The van der Waals surface area contributed by atoms with Crippen LogP contribution in [0.25, 0.3) is 0 Å². The predicted molar refractivity (Wildman–Crippen MR) is 63.8 cm³/mol. The van der Waals surface area contributed by atoms with E-state index in [-0.39, 0.29) is 23.3 Å². The van der Waals surface area contributed by atoms with Crippen molar-refractivity contribution < 1.29 is 23.9 Å². The van der Waals surface area contributed by atoms with E-state index in [0.29, 0.717) is 26.2 Å². The molecule has 2 rings (SSSR count). The number of rotatable bonds is 2. The first-order valence-corrected chi connectivity index (χ1v) is 5.87. The van der Waals surface area contributed by atoms with Gasteiger partial charge in [0, 0.05) is 33.1 Å². The zero-order valence-corrected chi connectivity index (χ0v) is 10.5. The number of amides is 2. The molecule has 2 amide bonds. The summed E-state index contributed by atoms with van der Waals surface area (Å²) in [5, 5.41) is 8.72. The Balaban J connectivity index is 2.01. The highest BCUT2D eigenvalue weighted by atomic mass is 16.4. The molecule has 1 aromatic heterocycles. The molecule has 0 aliphatic carbocycles. The standard InChI is InChI=1S/C12H14N2O5/c1-8(15)13-4-6-14(7-5-13)11(16)9-2-3-10(19-9)12(17)18/h2-3H,4-7H2,1H3,(H,17,18). The molecule has 102 valence electrons. The highest BCUT2D eigenvalue weighted by Gasteiger charge is 2.25. The van der Waals surface area contributed by atoms with E-state index in [1.165, 1.54) is 19.1 Å². The first-order valence-electron chi connectivity index (χ1n) is 5.87. The van der Waals surface area contributed by atoms with Crippen LogP contribution in [0.1, 0.15) is 28.0 Å². The number of furan rings is 1. The average Bonchev–Trinajstić information content (AvgIpc) is 2.87. The van der Waals surface area contributed by atoms with Crippen molar-refractivity contribution in [1.82, 2.24) is 9.80 Å². The first kappa shape index (κ1) is 13.1. The number of carbonyl (C=O) groups is 3. The molecule has 1 aliphatic rings. The van der Waals surface area contributed by atoms with Gasteiger partial charge in [-0.15, -0.1) is 0 Å². The number of piperazine rings is 1. The maximum absolute atomic E-state index is 12.0. The Morgan fingerprint density at radius 1 is 1.05 bits per heavy atom. The fraction of sp³-hybridized carbons (Fsp3) is 0.417. The topological polar surface area (TPSA) is 91.1 Å². The Hall–Kier alpha value is -2.31. The maximum atomic E-state index is 12.0.